The van der Waals surface area contributed by atoms with Gasteiger partial charge in [0.05, 0.1) is 0 Å². The van der Waals surface area contributed by atoms with Gasteiger partial charge < -0.3 is 10.2 Å². The lowest BCUT2D eigenvalue weighted by Gasteiger charge is -2.22. The highest BCUT2D eigenvalue weighted by atomic mass is 19.1. The van der Waals surface area contributed by atoms with Gasteiger partial charge in [0.25, 0.3) is 0 Å². The highest BCUT2D eigenvalue weighted by molar-refractivity contribution is 5.79. The minimum absolute atomic E-state index is 0.202. The Bertz CT molecular complexity index is 373. The lowest BCUT2D eigenvalue weighted by atomic mass is 10.2. The Morgan fingerprint density at radius 2 is 2.00 bits per heavy atom. The van der Waals surface area contributed by atoms with Crippen molar-refractivity contribution in [1.29, 1.82) is 0 Å². The molecule has 0 bridgehead atoms. The van der Waals surface area contributed by atoms with Gasteiger partial charge in [-0.25, -0.2) is 4.39 Å². The van der Waals surface area contributed by atoms with Crippen LogP contribution in [0.25, 0.3) is 0 Å². The Hall–Kier alpha value is -1.58. The molecule has 0 heterocycles. The van der Waals surface area contributed by atoms with Crippen LogP contribution in [0.2, 0.25) is 0 Å². The molecule has 1 rings (SSSR count). The first kappa shape index (κ1) is 14.5. The Labute approximate surface area is 109 Å². The molecule has 0 amide bonds. The zero-order valence-electron chi connectivity index (χ0n) is 11.4. The van der Waals surface area contributed by atoms with Crippen LogP contribution in [0.15, 0.2) is 29.3 Å². The number of guanidine groups is 1. The molecule has 0 spiro atoms. The minimum atomic E-state index is -0.202. The van der Waals surface area contributed by atoms with E-state index in [4.69, 9.17) is 0 Å². The fraction of sp³-hybridized carbons (Fsp3) is 0.500. The molecule has 0 radical (unpaired) electrons. The van der Waals surface area contributed by atoms with E-state index in [9.17, 15) is 4.39 Å². The smallest absolute Gasteiger partial charge is 0.193 e. The summed E-state index contributed by atoms with van der Waals surface area (Å²) in [6.07, 6.45) is 2.29. The molecule has 1 aromatic carbocycles. The number of aliphatic imine (C=N–C) groups is 1. The van der Waals surface area contributed by atoms with Crippen LogP contribution in [-0.2, 0) is 6.54 Å². The Kier molecular flexibility index (Phi) is 6.19. The number of unbranched alkanes of at least 4 members (excludes halogenated alkanes) is 1. The largest absolute Gasteiger partial charge is 0.356 e. The van der Waals surface area contributed by atoms with Gasteiger partial charge in [0.2, 0.25) is 0 Å². The van der Waals surface area contributed by atoms with E-state index in [0.717, 1.165) is 30.9 Å². The van der Waals surface area contributed by atoms with Crippen LogP contribution in [0.1, 0.15) is 25.3 Å². The fourth-order valence-corrected chi connectivity index (χ4v) is 1.70. The summed E-state index contributed by atoms with van der Waals surface area (Å²) < 4.78 is 12.8. The standard InChI is InChI=1S/C14H22FN3/c1-4-5-10-17-14(16-2)18(3)11-12-6-8-13(15)9-7-12/h6-9H,4-5,10-11H2,1-3H3,(H,16,17). The molecule has 0 atom stereocenters. The minimum Gasteiger partial charge on any atom is -0.356 e. The van der Waals surface area contributed by atoms with E-state index < -0.39 is 0 Å². The number of hydrogen-bond acceptors (Lipinski definition) is 1. The summed E-state index contributed by atoms with van der Waals surface area (Å²) in [5.41, 5.74) is 1.07. The normalized spacial score (nSPS) is 11.4. The molecule has 3 nitrogen and oxygen atoms in total. The number of nitrogens with one attached hydrogen (secondary N) is 1. The molecule has 1 aromatic rings. The second-order valence-electron chi connectivity index (χ2n) is 4.31. The van der Waals surface area contributed by atoms with E-state index in [1.54, 1.807) is 19.2 Å². The van der Waals surface area contributed by atoms with Gasteiger partial charge in [0.15, 0.2) is 5.96 Å². The summed E-state index contributed by atoms with van der Waals surface area (Å²) in [4.78, 5) is 6.26. The lowest BCUT2D eigenvalue weighted by Crippen LogP contribution is -2.38. The highest BCUT2D eigenvalue weighted by Gasteiger charge is 2.05. The van der Waals surface area contributed by atoms with Crippen molar-refractivity contribution in [3.05, 3.63) is 35.6 Å². The van der Waals surface area contributed by atoms with Crippen LogP contribution in [0, 0.1) is 5.82 Å². The molecule has 100 valence electrons. The van der Waals surface area contributed by atoms with E-state index in [2.05, 4.69) is 17.2 Å². The maximum atomic E-state index is 12.8. The van der Waals surface area contributed by atoms with Crippen molar-refractivity contribution in [3.8, 4) is 0 Å². The molecule has 18 heavy (non-hydrogen) atoms. The van der Waals surface area contributed by atoms with Gasteiger partial charge in [0, 0.05) is 27.2 Å². The Morgan fingerprint density at radius 1 is 1.33 bits per heavy atom. The summed E-state index contributed by atoms with van der Waals surface area (Å²) in [5.74, 6) is 0.666. The molecule has 0 aliphatic carbocycles. The third-order valence-corrected chi connectivity index (χ3v) is 2.72. The van der Waals surface area contributed by atoms with Crippen LogP contribution >= 0.6 is 0 Å². The predicted molar refractivity (Wildman–Crippen MR) is 74.1 cm³/mol. The molecule has 0 aromatic heterocycles. The van der Waals surface area contributed by atoms with Crippen molar-refractivity contribution in [2.24, 2.45) is 4.99 Å². The summed E-state index contributed by atoms with van der Waals surface area (Å²) in [6.45, 7) is 3.80. The van der Waals surface area contributed by atoms with Crippen molar-refractivity contribution < 1.29 is 4.39 Å². The highest BCUT2D eigenvalue weighted by Crippen LogP contribution is 2.05. The Balaban J connectivity index is 2.51. The van der Waals surface area contributed by atoms with Crippen molar-refractivity contribution in [1.82, 2.24) is 10.2 Å². The topological polar surface area (TPSA) is 27.6 Å². The zero-order valence-corrected chi connectivity index (χ0v) is 11.4. The van der Waals surface area contributed by atoms with Gasteiger partial charge in [-0.15, -0.1) is 0 Å². The lowest BCUT2D eigenvalue weighted by molar-refractivity contribution is 0.475. The number of hydrogen-bond donors (Lipinski definition) is 1. The van der Waals surface area contributed by atoms with Gasteiger partial charge in [-0.3, -0.25) is 4.99 Å². The first-order valence-corrected chi connectivity index (χ1v) is 6.33. The third-order valence-electron chi connectivity index (χ3n) is 2.72. The summed E-state index contributed by atoms with van der Waals surface area (Å²) in [5, 5.41) is 3.30. The maximum absolute atomic E-state index is 12.8. The maximum Gasteiger partial charge on any atom is 0.193 e. The van der Waals surface area contributed by atoms with Crippen molar-refractivity contribution in [3.63, 3.8) is 0 Å². The van der Waals surface area contributed by atoms with Gasteiger partial charge >= 0.3 is 0 Å². The predicted octanol–water partition coefficient (Wildman–Crippen LogP) is 2.63. The number of rotatable bonds is 5. The van der Waals surface area contributed by atoms with Gasteiger partial charge in [0.1, 0.15) is 5.82 Å². The summed E-state index contributed by atoms with van der Waals surface area (Å²) in [6, 6.07) is 6.56. The van der Waals surface area contributed by atoms with E-state index in [-0.39, 0.29) is 5.82 Å². The van der Waals surface area contributed by atoms with Crippen molar-refractivity contribution in [2.75, 3.05) is 20.6 Å². The molecule has 4 heteroatoms. The van der Waals surface area contributed by atoms with Crippen LogP contribution < -0.4 is 5.32 Å². The zero-order chi connectivity index (χ0) is 13.4. The molecule has 0 aliphatic rings. The van der Waals surface area contributed by atoms with Gasteiger partial charge in [-0.1, -0.05) is 25.5 Å². The molecule has 0 saturated heterocycles. The van der Waals surface area contributed by atoms with Crippen LogP contribution in [0.4, 0.5) is 4.39 Å². The SMILES string of the molecule is CCCCNC(=NC)N(C)Cc1ccc(F)cc1. The molecular weight excluding hydrogens is 229 g/mol. The summed E-state index contributed by atoms with van der Waals surface area (Å²) in [7, 11) is 3.75. The number of nitrogens with zero attached hydrogens (tertiary/aromatic N) is 2. The second kappa shape index (κ2) is 7.69. The molecule has 0 saturated carbocycles. The van der Waals surface area contributed by atoms with Crippen molar-refractivity contribution >= 4 is 5.96 Å². The first-order chi connectivity index (χ1) is 8.67. The van der Waals surface area contributed by atoms with Crippen LogP contribution in [-0.4, -0.2) is 31.5 Å². The molecule has 1 N–H and O–H groups in total. The van der Waals surface area contributed by atoms with E-state index in [0.29, 0.717) is 6.54 Å². The monoisotopic (exact) mass is 251 g/mol. The number of halogens is 1. The molecule has 0 fully saturated rings. The van der Waals surface area contributed by atoms with E-state index in [1.165, 1.54) is 12.1 Å². The fourth-order valence-electron chi connectivity index (χ4n) is 1.70. The summed E-state index contributed by atoms with van der Waals surface area (Å²) >= 11 is 0. The molecular formula is C14H22FN3. The van der Waals surface area contributed by atoms with Gasteiger partial charge in [-0.2, -0.15) is 0 Å². The first-order valence-electron chi connectivity index (χ1n) is 6.33. The Morgan fingerprint density at radius 3 is 2.56 bits per heavy atom. The third kappa shape index (κ3) is 4.73. The van der Waals surface area contributed by atoms with E-state index in [1.807, 2.05) is 11.9 Å². The van der Waals surface area contributed by atoms with Crippen LogP contribution in [0.5, 0.6) is 0 Å². The average molecular weight is 251 g/mol. The molecule has 0 unspecified atom stereocenters. The van der Waals surface area contributed by atoms with E-state index >= 15 is 0 Å². The quantitative estimate of drug-likeness (QED) is 0.495. The van der Waals surface area contributed by atoms with Crippen molar-refractivity contribution in [2.45, 2.75) is 26.3 Å². The average Bonchev–Trinajstić information content (AvgIpc) is 2.37. The van der Waals surface area contributed by atoms with Crippen LogP contribution in [0.3, 0.4) is 0 Å². The second-order valence-corrected chi connectivity index (χ2v) is 4.31. The van der Waals surface area contributed by atoms with Gasteiger partial charge in [-0.05, 0) is 24.1 Å². The molecule has 0 aliphatic heterocycles. The number of benzene rings is 1.